The molecule has 2 aromatic rings. The third kappa shape index (κ3) is 3.67. The molecule has 0 atom stereocenters. The Kier molecular flexibility index (Phi) is 4.71. The highest BCUT2D eigenvalue weighted by Crippen LogP contribution is 2.25. The Balaban J connectivity index is 2.25. The minimum absolute atomic E-state index is 0.213. The maximum Gasteiger partial charge on any atom is 0.323 e. The number of methoxy groups -OCH3 is 1. The summed E-state index contributed by atoms with van der Waals surface area (Å²) in [5.41, 5.74) is 6.75. The van der Waals surface area contributed by atoms with Crippen LogP contribution in [-0.4, -0.2) is 53.7 Å². The highest BCUT2D eigenvalue weighted by Gasteiger charge is 2.19. The Bertz CT molecular complexity index is 670. The molecule has 0 radical (unpaired) electrons. The molecule has 7 nitrogen and oxygen atoms in total. The number of benzene rings is 1. The molecule has 0 aliphatic heterocycles. The van der Waals surface area contributed by atoms with E-state index in [0.717, 1.165) is 10.2 Å². The molecule has 1 amide bonds. The van der Waals surface area contributed by atoms with Crippen LogP contribution < -0.4 is 5.73 Å². The molecule has 1 aromatic carbocycles. The monoisotopic (exact) mass is 309 g/mol. The molecular weight excluding hydrogens is 294 g/mol. The number of anilines is 1. The van der Waals surface area contributed by atoms with Gasteiger partial charge in [0.25, 0.3) is 5.91 Å². The number of hydrogen-bond acceptors (Lipinski definition) is 6. The van der Waals surface area contributed by atoms with Crippen molar-refractivity contribution in [1.29, 1.82) is 0 Å². The van der Waals surface area contributed by atoms with E-state index in [9.17, 15) is 9.59 Å². The number of carbonyl (C=O) groups excluding carboxylic acids is 1. The number of nitrogens with two attached hydrogens (primary N) is 1. The van der Waals surface area contributed by atoms with Crippen molar-refractivity contribution in [2.75, 3.05) is 32.5 Å². The van der Waals surface area contributed by atoms with Crippen molar-refractivity contribution >= 4 is 38.6 Å². The number of nitrogen functional groups attached to an aromatic ring is 1. The maximum atomic E-state index is 12.4. The van der Waals surface area contributed by atoms with Crippen molar-refractivity contribution in [2.45, 2.75) is 0 Å². The van der Waals surface area contributed by atoms with Crippen LogP contribution in [0, 0.1) is 0 Å². The van der Waals surface area contributed by atoms with E-state index in [1.807, 2.05) is 0 Å². The molecule has 0 bridgehead atoms. The zero-order valence-electron chi connectivity index (χ0n) is 11.4. The molecule has 0 saturated heterocycles. The first kappa shape index (κ1) is 15.2. The Hall–Kier alpha value is -2.19. The number of carboxylic acids is 1. The standard InChI is InChI=1S/C13H15N3O4S/c1-20-5-4-16(7-11(17)18)12(19)8-2-3-9-10(6-8)21-13(14)15-9/h2-3,6H,4-5,7H2,1H3,(H2,14,15)(H,17,18). The van der Waals surface area contributed by atoms with Crippen LogP contribution >= 0.6 is 11.3 Å². The lowest BCUT2D eigenvalue weighted by molar-refractivity contribution is -0.137. The number of carbonyl (C=O) groups is 2. The Morgan fingerprint density at radius 3 is 2.90 bits per heavy atom. The molecule has 0 fully saturated rings. The van der Waals surface area contributed by atoms with Gasteiger partial charge in [-0.05, 0) is 18.2 Å². The lowest BCUT2D eigenvalue weighted by atomic mass is 10.2. The van der Waals surface area contributed by atoms with Gasteiger partial charge in [-0.2, -0.15) is 0 Å². The molecule has 2 rings (SSSR count). The van der Waals surface area contributed by atoms with Crippen LogP contribution in [0.1, 0.15) is 10.4 Å². The third-order valence-corrected chi connectivity index (χ3v) is 3.68. The lowest BCUT2D eigenvalue weighted by Crippen LogP contribution is -2.37. The van der Waals surface area contributed by atoms with Crippen LogP contribution in [0.4, 0.5) is 5.13 Å². The zero-order chi connectivity index (χ0) is 15.4. The number of fused-ring (bicyclic) bond motifs is 1. The van der Waals surface area contributed by atoms with Crippen molar-refractivity contribution in [1.82, 2.24) is 9.88 Å². The lowest BCUT2D eigenvalue weighted by Gasteiger charge is -2.20. The van der Waals surface area contributed by atoms with Crippen molar-refractivity contribution in [3.8, 4) is 0 Å². The van der Waals surface area contributed by atoms with Crippen molar-refractivity contribution in [3.05, 3.63) is 23.8 Å². The SMILES string of the molecule is COCCN(CC(=O)O)C(=O)c1ccc2nc(N)sc2c1. The van der Waals surface area contributed by atoms with E-state index in [1.54, 1.807) is 18.2 Å². The summed E-state index contributed by atoms with van der Waals surface area (Å²) in [6.45, 7) is 0.115. The average molecular weight is 309 g/mol. The summed E-state index contributed by atoms with van der Waals surface area (Å²) in [6.07, 6.45) is 0. The van der Waals surface area contributed by atoms with Gasteiger partial charge in [0, 0.05) is 19.2 Å². The normalized spacial score (nSPS) is 10.7. The first-order valence-electron chi connectivity index (χ1n) is 6.17. The van der Waals surface area contributed by atoms with Gasteiger partial charge in [0.2, 0.25) is 0 Å². The summed E-state index contributed by atoms with van der Waals surface area (Å²) in [7, 11) is 1.50. The second kappa shape index (κ2) is 6.51. The number of thiazole rings is 1. The predicted octanol–water partition coefficient (Wildman–Crippen LogP) is 1.05. The van der Waals surface area contributed by atoms with Gasteiger partial charge in [-0.1, -0.05) is 11.3 Å². The van der Waals surface area contributed by atoms with Gasteiger partial charge < -0.3 is 20.5 Å². The van der Waals surface area contributed by atoms with E-state index < -0.39 is 5.97 Å². The van der Waals surface area contributed by atoms with Crippen LogP contribution in [-0.2, 0) is 9.53 Å². The predicted molar refractivity (Wildman–Crippen MR) is 79.4 cm³/mol. The molecule has 0 aliphatic carbocycles. The van der Waals surface area contributed by atoms with E-state index in [1.165, 1.54) is 23.3 Å². The van der Waals surface area contributed by atoms with Crippen LogP contribution in [0.15, 0.2) is 18.2 Å². The molecule has 112 valence electrons. The molecule has 0 aliphatic rings. The number of carboxylic acid groups (broad SMARTS) is 1. The van der Waals surface area contributed by atoms with E-state index in [-0.39, 0.29) is 25.6 Å². The number of hydrogen-bond donors (Lipinski definition) is 2. The van der Waals surface area contributed by atoms with Crippen LogP contribution in [0.25, 0.3) is 10.2 Å². The molecular formula is C13H15N3O4S. The fourth-order valence-electron chi connectivity index (χ4n) is 1.88. The van der Waals surface area contributed by atoms with Gasteiger partial charge in [-0.25, -0.2) is 4.98 Å². The topological polar surface area (TPSA) is 106 Å². The van der Waals surface area contributed by atoms with Crippen molar-refractivity contribution in [2.24, 2.45) is 0 Å². The van der Waals surface area contributed by atoms with E-state index in [2.05, 4.69) is 4.98 Å². The summed E-state index contributed by atoms with van der Waals surface area (Å²) < 4.78 is 5.69. The van der Waals surface area contributed by atoms with Gasteiger partial charge in [-0.3, -0.25) is 9.59 Å². The minimum atomic E-state index is -1.07. The first-order chi connectivity index (χ1) is 10.0. The zero-order valence-corrected chi connectivity index (χ0v) is 12.2. The quantitative estimate of drug-likeness (QED) is 0.826. The van der Waals surface area contributed by atoms with Gasteiger partial charge in [0.1, 0.15) is 6.54 Å². The molecule has 1 aromatic heterocycles. The Labute approximate surface area is 124 Å². The van der Waals surface area contributed by atoms with E-state index >= 15 is 0 Å². The van der Waals surface area contributed by atoms with Gasteiger partial charge in [0.15, 0.2) is 5.13 Å². The van der Waals surface area contributed by atoms with Crippen molar-refractivity contribution in [3.63, 3.8) is 0 Å². The highest BCUT2D eigenvalue weighted by atomic mass is 32.1. The molecule has 21 heavy (non-hydrogen) atoms. The fourth-order valence-corrected chi connectivity index (χ4v) is 2.65. The summed E-state index contributed by atoms with van der Waals surface area (Å²) in [4.78, 5) is 28.6. The van der Waals surface area contributed by atoms with Crippen LogP contribution in [0.3, 0.4) is 0 Å². The fraction of sp³-hybridized carbons (Fsp3) is 0.308. The Morgan fingerprint density at radius 1 is 1.48 bits per heavy atom. The van der Waals surface area contributed by atoms with Crippen LogP contribution in [0.2, 0.25) is 0 Å². The number of nitrogens with zero attached hydrogens (tertiary/aromatic N) is 2. The second-order valence-electron chi connectivity index (χ2n) is 4.35. The number of aromatic nitrogens is 1. The summed E-state index contributed by atoms with van der Waals surface area (Å²) in [6, 6.07) is 4.99. The molecule has 1 heterocycles. The largest absolute Gasteiger partial charge is 0.480 e. The number of rotatable bonds is 6. The number of aliphatic carboxylic acids is 1. The molecule has 0 saturated carbocycles. The minimum Gasteiger partial charge on any atom is -0.480 e. The van der Waals surface area contributed by atoms with Gasteiger partial charge in [0.05, 0.1) is 16.8 Å². The summed E-state index contributed by atoms with van der Waals surface area (Å²) >= 11 is 1.28. The maximum absolute atomic E-state index is 12.4. The summed E-state index contributed by atoms with van der Waals surface area (Å²) in [5, 5.41) is 9.32. The third-order valence-electron chi connectivity index (χ3n) is 2.83. The Morgan fingerprint density at radius 2 is 2.24 bits per heavy atom. The number of amides is 1. The molecule has 8 heteroatoms. The van der Waals surface area contributed by atoms with E-state index in [4.69, 9.17) is 15.6 Å². The van der Waals surface area contributed by atoms with Crippen LogP contribution in [0.5, 0.6) is 0 Å². The molecule has 0 spiro atoms. The smallest absolute Gasteiger partial charge is 0.323 e. The summed E-state index contributed by atoms with van der Waals surface area (Å²) in [5.74, 6) is -1.43. The second-order valence-corrected chi connectivity index (χ2v) is 5.41. The number of ether oxygens (including phenoxy) is 1. The molecule has 3 N–H and O–H groups in total. The average Bonchev–Trinajstić information content (AvgIpc) is 2.81. The van der Waals surface area contributed by atoms with Gasteiger partial charge in [-0.15, -0.1) is 0 Å². The van der Waals surface area contributed by atoms with E-state index in [0.29, 0.717) is 10.7 Å². The highest BCUT2D eigenvalue weighted by molar-refractivity contribution is 7.22. The first-order valence-corrected chi connectivity index (χ1v) is 6.99. The molecule has 0 unspecified atom stereocenters. The van der Waals surface area contributed by atoms with Crippen molar-refractivity contribution < 1.29 is 19.4 Å². The van der Waals surface area contributed by atoms with Gasteiger partial charge >= 0.3 is 5.97 Å².